The first-order chi connectivity index (χ1) is 14.7. The van der Waals surface area contributed by atoms with Gasteiger partial charge in [-0.15, -0.1) is 0 Å². The average Bonchev–Trinajstić information content (AvgIpc) is 2.77. The molecule has 2 aromatic rings. The minimum atomic E-state index is -0.00824. The van der Waals surface area contributed by atoms with Gasteiger partial charge in [0.15, 0.2) is 0 Å². The second kappa shape index (κ2) is 10.2. The number of hydrogen-bond acceptors (Lipinski definition) is 3. The van der Waals surface area contributed by atoms with Crippen molar-refractivity contribution in [3.8, 4) is 0 Å². The molecule has 0 spiro atoms. The Kier molecular flexibility index (Phi) is 7.19. The van der Waals surface area contributed by atoms with Crippen molar-refractivity contribution in [3.05, 3.63) is 65.2 Å². The summed E-state index contributed by atoms with van der Waals surface area (Å²) in [6.07, 6.45) is 7.75. The minimum Gasteiger partial charge on any atom is -0.322 e. The van der Waals surface area contributed by atoms with E-state index in [-0.39, 0.29) is 5.91 Å². The number of carbonyl (C=O) groups is 1. The normalized spacial score (nSPS) is 20.8. The molecule has 2 aliphatic rings. The molecule has 2 aromatic carbocycles. The molecule has 1 amide bonds. The SMILES string of the molecule is CC1CCCCN1Cc1cccc(NC(=O)c2ccccc2CN2CCCCC2)c1. The van der Waals surface area contributed by atoms with Crippen molar-refractivity contribution in [1.82, 2.24) is 9.80 Å². The lowest BCUT2D eigenvalue weighted by molar-refractivity contribution is 0.102. The Bertz CT molecular complexity index is 844. The standard InChI is InChI=1S/C26H35N3O/c1-21-10-5-8-17-29(21)19-22-11-9-13-24(18-22)27-26(30)25-14-4-3-12-23(25)20-28-15-6-2-7-16-28/h3-4,9,11-14,18,21H,2,5-8,10,15-17,19-20H2,1H3,(H,27,30). The van der Waals surface area contributed by atoms with E-state index in [1.165, 1.54) is 50.6 Å². The molecule has 1 N–H and O–H groups in total. The maximum Gasteiger partial charge on any atom is 0.255 e. The molecule has 4 nitrogen and oxygen atoms in total. The van der Waals surface area contributed by atoms with Crippen LogP contribution in [-0.2, 0) is 13.1 Å². The number of nitrogens with zero attached hydrogens (tertiary/aromatic N) is 2. The van der Waals surface area contributed by atoms with Gasteiger partial charge in [0.1, 0.15) is 0 Å². The van der Waals surface area contributed by atoms with Crippen molar-refractivity contribution >= 4 is 11.6 Å². The number of nitrogens with one attached hydrogen (secondary N) is 1. The molecule has 30 heavy (non-hydrogen) atoms. The third-order valence-corrected chi connectivity index (χ3v) is 6.62. The van der Waals surface area contributed by atoms with Crippen LogP contribution in [0.3, 0.4) is 0 Å². The zero-order valence-corrected chi connectivity index (χ0v) is 18.3. The van der Waals surface area contributed by atoms with E-state index in [0.29, 0.717) is 6.04 Å². The van der Waals surface area contributed by atoms with Gasteiger partial charge in [0.2, 0.25) is 0 Å². The van der Waals surface area contributed by atoms with Gasteiger partial charge in [-0.2, -0.15) is 0 Å². The molecule has 1 unspecified atom stereocenters. The lowest BCUT2D eigenvalue weighted by Crippen LogP contribution is -2.36. The van der Waals surface area contributed by atoms with E-state index in [9.17, 15) is 4.79 Å². The summed E-state index contributed by atoms with van der Waals surface area (Å²) in [5.41, 5.74) is 4.06. The summed E-state index contributed by atoms with van der Waals surface area (Å²) in [7, 11) is 0. The fourth-order valence-electron chi connectivity index (χ4n) is 4.81. The van der Waals surface area contributed by atoms with Crippen LogP contribution in [0.15, 0.2) is 48.5 Å². The van der Waals surface area contributed by atoms with Gasteiger partial charge >= 0.3 is 0 Å². The van der Waals surface area contributed by atoms with Gasteiger partial charge in [0, 0.05) is 30.4 Å². The van der Waals surface area contributed by atoms with Crippen LogP contribution in [0.5, 0.6) is 0 Å². The molecule has 0 aromatic heterocycles. The van der Waals surface area contributed by atoms with Crippen molar-refractivity contribution < 1.29 is 4.79 Å². The van der Waals surface area contributed by atoms with Crippen LogP contribution in [-0.4, -0.2) is 41.4 Å². The van der Waals surface area contributed by atoms with Crippen LogP contribution < -0.4 is 5.32 Å². The minimum absolute atomic E-state index is 0.00824. The maximum atomic E-state index is 13.1. The Morgan fingerprint density at radius 3 is 2.57 bits per heavy atom. The Balaban J connectivity index is 1.42. The molecule has 2 heterocycles. The lowest BCUT2D eigenvalue weighted by atomic mass is 10.0. The Labute approximate surface area is 181 Å². The number of benzene rings is 2. The number of carbonyl (C=O) groups excluding carboxylic acids is 1. The summed E-state index contributed by atoms with van der Waals surface area (Å²) in [5.74, 6) is -0.00824. The predicted molar refractivity (Wildman–Crippen MR) is 124 cm³/mol. The van der Waals surface area contributed by atoms with Crippen LogP contribution >= 0.6 is 0 Å². The fourth-order valence-corrected chi connectivity index (χ4v) is 4.81. The van der Waals surface area contributed by atoms with E-state index in [1.54, 1.807) is 0 Å². The van der Waals surface area contributed by atoms with E-state index in [1.807, 2.05) is 24.3 Å². The number of amides is 1. The van der Waals surface area contributed by atoms with E-state index in [2.05, 4.69) is 46.3 Å². The molecule has 4 rings (SSSR count). The zero-order chi connectivity index (χ0) is 20.8. The van der Waals surface area contributed by atoms with Crippen LogP contribution in [0.1, 0.15) is 66.9 Å². The van der Waals surface area contributed by atoms with Gasteiger partial charge < -0.3 is 5.32 Å². The van der Waals surface area contributed by atoms with Crippen LogP contribution in [0, 0.1) is 0 Å². The van der Waals surface area contributed by atoms with Gasteiger partial charge in [-0.05, 0) is 81.6 Å². The summed E-state index contributed by atoms with van der Waals surface area (Å²) >= 11 is 0. The molecule has 0 bridgehead atoms. The first-order valence-corrected chi connectivity index (χ1v) is 11.6. The van der Waals surface area contributed by atoms with Crippen molar-refractivity contribution in [3.63, 3.8) is 0 Å². The third-order valence-electron chi connectivity index (χ3n) is 6.62. The second-order valence-electron chi connectivity index (χ2n) is 8.96. The summed E-state index contributed by atoms with van der Waals surface area (Å²) < 4.78 is 0. The molecule has 160 valence electrons. The molecule has 1 atom stereocenters. The Morgan fingerprint density at radius 1 is 0.933 bits per heavy atom. The number of rotatable bonds is 6. The maximum absolute atomic E-state index is 13.1. The Morgan fingerprint density at radius 2 is 1.73 bits per heavy atom. The van der Waals surface area contributed by atoms with Crippen molar-refractivity contribution in [2.45, 2.75) is 64.6 Å². The second-order valence-corrected chi connectivity index (χ2v) is 8.96. The largest absolute Gasteiger partial charge is 0.322 e. The number of hydrogen-bond donors (Lipinski definition) is 1. The molecule has 4 heteroatoms. The number of piperidine rings is 2. The van der Waals surface area contributed by atoms with E-state index in [4.69, 9.17) is 0 Å². The van der Waals surface area contributed by atoms with Gasteiger partial charge in [0.05, 0.1) is 0 Å². The van der Waals surface area contributed by atoms with Gasteiger partial charge in [-0.1, -0.05) is 43.2 Å². The highest BCUT2D eigenvalue weighted by atomic mass is 16.1. The van der Waals surface area contributed by atoms with Crippen molar-refractivity contribution in [2.24, 2.45) is 0 Å². The van der Waals surface area contributed by atoms with Crippen molar-refractivity contribution in [1.29, 1.82) is 0 Å². The number of likely N-dealkylation sites (tertiary alicyclic amines) is 2. The van der Waals surface area contributed by atoms with Crippen molar-refractivity contribution in [2.75, 3.05) is 25.0 Å². The molecule has 2 aliphatic heterocycles. The van der Waals surface area contributed by atoms with E-state index in [0.717, 1.165) is 43.0 Å². The third kappa shape index (κ3) is 5.50. The molecular weight excluding hydrogens is 370 g/mol. The molecule has 2 saturated heterocycles. The highest BCUT2D eigenvalue weighted by molar-refractivity contribution is 6.05. The summed E-state index contributed by atoms with van der Waals surface area (Å²) in [4.78, 5) is 18.1. The summed E-state index contributed by atoms with van der Waals surface area (Å²) in [6.45, 7) is 7.57. The number of anilines is 1. The molecule has 0 radical (unpaired) electrons. The first kappa shape index (κ1) is 21.1. The Hall–Kier alpha value is -2.17. The van der Waals surface area contributed by atoms with E-state index < -0.39 is 0 Å². The first-order valence-electron chi connectivity index (χ1n) is 11.6. The highest BCUT2D eigenvalue weighted by Crippen LogP contribution is 2.22. The van der Waals surface area contributed by atoms with Crippen LogP contribution in [0.4, 0.5) is 5.69 Å². The highest BCUT2D eigenvalue weighted by Gasteiger charge is 2.19. The predicted octanol–water partition coefficient (Wildman–Crippen LogP) is 5.30. The lowest BCUT2D eigenvalue weighted by Gasteiger charge is -2.33. The van der Waals surface area contributed by atoms with Crippen LogP contribution in [0.25, 0.3) is 0 Å². The molecule has 0 aliphatic carbocycles. The van der Waals surface area contributed by atoms with Crippen LogP contribution in [0.2, 0.25) is 0 Å². The summed E-state index contributed by atoms with van der Waals surface area (Å²) in [6, 6.07) is 17.0. The quantitative estimate of drug-likeness (QED) is 0.708. The smallest absolute Gasteiger partial charge is 0.255 e. The fraction of sp³-hybridized carbons (Fsp3) is 0.500. The summed E-state index contributed by atoms with van der Waals surface area (Å²) in [5, 5.41) is 3.15. The van der Waals surface area contributed by atoms with Gasteiger partial charge in [-0.25, -0.2) is 0 Å². The molecular formula is C26H35N3O. The average molecular weight is 406 g/mol. The molecule has 2 fully saturated rings. The van der Waals surface area contributed by atoms with E-state index >= 15 is 0 Å². The monoisotopic (exact) mass is 405 g/mol. The van der Waals surface area contributed by atoms with Gasteiger partial charge in [0.25, 0.3) is 5.91 Å². The zero-order valence-electron chi connectivity index (χ0n) is 18.3. The van der Waals surface area contributed by atoms with Gasteiger partial charge in [-0.3, -0.25) is 14.6 Å². The topological polar surface area (TPSA) is 35.6 Å². The molecule has 0 saturated carbocycles.